The van der Waals surface area contributed by atoms with Gasteiger partial charge in [-0.25, -0.2) is 0 Å². The summed E-state index contributed by atoms with van der Waals surface area (Å²) < 4.78 is 5.41. The molecule has 0 radical (unpaired) electrons. The van der Waals surface area contributed by atoms with Crippen LogP contribution in [0.15, 0.2) is 61.2 Å². The minimum Gasteiger partial charge on any atom is -0.497 e. The Bertz CT molecular complexity index is 665. The maximum Gasteiger partial charge on any atom is 0.119 e. The summed E-state index contributed by atoms with van der Waals surface area (Å²) in [6.07, 6.45) is 4.03. The Balaban J connectivity index is 2.04. The molecule has 2 atom stereocenters. The highest BCUT2D eigenvalue weighted by molar-refractivity contribution is 5.61. The van der Waals surface area contributed by atoms with E-state index in [2.05, 4.69) is 61.3 Å². The lowest BCUT2D eigenvalue weighted by molar-refractivity contribution is 0.384. The Morgan fingerprint density at radius 2 is 2.05 bits per heavy atom. The van der Waals surface area contributed by atoms with Crippen molar-refractivity contribution in [3.8, 4) is 5.75 Å². The molecule has 2 nitrogen and oxygen atoms in total. The summed E-state index contributed by atoms with van der Waals surface area (Å²) in [6, 6.07) is 17.3. The van der Waals surface area contributed by atoms with Crippen LogP contribution in [0.1, 0.15) is 36.9 Å². The molecule has 2 unspecified atom stereocenters. The fraction of sp³-hybridized carbons (Fsp3) is 0.300. The molecule has 3 rings (SSSR count). The maximum atomic E-state index is 5.41. The molecule has 1 N–H and O–H groups in total. The SMILES string of the molecule is C=CCC1(C)CC(c2ccccc2)Nc2ccc(OC)cc21. The van der Waals surface area contributed by atoms with Crippen molar-refractivity contribution in [3.63, 3.8) is 0 Å². The number of hydrogen-bond acceptors (Lipinski definition) is 2. The summed E-state index contributed by atoms with van der Waals surface area (Å²) in [5, 5.41) is 3.69. The number of methoxy groups -OCH3 is 1. The second-order valence-electron chi connectivity index (χ2n) is 6.28. The van der Waals surface area contributed by atoms with Gasteiger partial charge in [-0.2, -0.15) is 0 Å². The molecule has 0 fully saturated rings. The van der Waals surface area contributed by atoms with Gasteiger partial charge >= 0.3 is 0 Å². The van der Waals surface area contributed by atoms with E-state index < -0.39 is 0 Å². The number of fused-ring (bicyclic) bond motifs is 1. The van der Waals surface area contributed by atoms with Crippen LogP contribution in [0.4, 0.5) is 5.69 Å². The van der Waals surface area contributed by atoms with Crippen molar-refractivity contribution < 1.29 is 4.74 Å². The standard InChI is InChI=1S/C20H23NO/c1-4-12-20(2)14-19(15-8-6-5-7-9-15)21-18-11-10-16(22-3)13-17(18)20/h4-11,13,19,21H,1,12,14H2,2-3H3. The Kier molecular flexibility index (Phi) is 3.93. The average molecular weight is 293 g/mol. The zero-order chi connectivity index (χ0) is 15.6. The van der Waals surface area contributed by atoms with Crippen molar-refractivity contribution in [2.45, 2.75) is 31.2 Å². The van der Waals surface area contributed by atoms with E-state index in [0.717, 1.165) is 18.6 Å². The fourth-order valence-electron chi connectivity index (χ4n) is 3.47. The van der Waals surface area contributed by atoms with Gasteiger partial charge in [0.25, 0.3) is 0 Å². The number of rotatable bonds is 4. The van der Waals surface area contributed by atoms with Crippen LogP contribution in [0.5, 0.6) is 5.75 Å². The van der Waals surface area contributed by atoms with Gasteiger partial charge in [0.15, 0.2) is 0 Å². The van der Waals surface area contributed by atoms with E-state index in [9.17, 15) is 0 Å². The third-order valence-electron chi connectivity index (χ3n) is 4.66. The zero-order valence-electron chi connectivity index (χ0n) is 13.3. The van der Waals surface area contributed by atoms with E-state index in [0.29, 0.717) is 6.04 Å². The molecule has 1 aliphatic heterocycles. The normalized spacial score (nSPS) is 23.3. The molecule has 2 heteroatoms. The van der Waals surface area contributed by atoms with Crippen LogP contribution >= 0.6 is 0 Å². The van der Waals surface area contributed by atoms with Crippen LogP contribution in [0.2, 0.25) is 0 Å². The molecule has 1 aliphatic rings. The first-order chi connectivity index (χ1) is 10.7. The third kappa shape index (κ3) is 2.61. The first kappa shape index (κ1) is 14.7. The summed E-state index contributed by atoms with van der Waals surface area (Å²) in [4.78, 5) is 0. The second kappa shape index (κ2) is 5.88. The number of benzene rings is 2. The number of nitrogens with one attached hydrogen (secondary N) is 1. The largest absolute Gasteiger partial charge is 0.497 e. The first-order valence-electron chi connectivity index (χ1n) is 7.77. The predicted octanol–water partition coefficient (Wildman–Crippen LogP) is 5.09. The summed E-state index contributed by atoms with van der Waals surface area (Å²) in [5.41, 5.74) is 3.92. The van der Waals surface area contributed by atoms with Gasteiger partial charge in [0.2, 0.25) is 0 Å². The summed E-state index contributed by atoms with van der Waals surface area (Å²) in [7, 11) is 1.72. The van der Waals surface area contributed by atoms with E-state index in [1.54, 1.807) is 7.11 Å². The van der Waals surface area contributed by atoms with Crippen molar-refractivity contribution in [2.75, 3.05) is 12.4 Å². The highest BCUT2D eigenvalue weighted by Crippen LogP contribution is 2.47. The fourth-order valence-corrected chi connectivity index (χ4v) is 3.47. The van der Waals surface area contributed by atoms with E-state index >= 15 is 0 Å². The summed E-state index contributed by atoms with van der Waals surface area (Å²) in [6.45, 7) is 6.28. The third-order valence-corrected chi connectivity index (χ3v) is 4.66. The molecule has 0 bridgehead atoms. The van der Waals surface area contributed by atoms with Crippen LogP contribution in [0.3, 0.4) is 0 Å². The van der Waals surface area contributed by atoms with E-state index in [1.165, 1.54) is 16.8 Å². The maximum absolute atomic E-state index is 5.41. The topological polar surface area (TPSA) is 21.3 Å². The molecule has 2 aromatic carbocycles. The summed E-state index contributed by atoms with van der Waals surface area (Å²) in [5.74, 6) is 0.911. The van der Waals surface area contributed by atoms with E-state index in [-0.39, 0.29) is 5.41 Å². The zero-order valence-corrected chi connectivity index (χ0v) is 13.3. The smallest absolute Gasteiger partial charge is 0.119 e. The molecule has 0 saturated heterocycles. The highest BCUT2D eigenvalue weighted by Gasteiger charge is 2.36. The van der Waals surface area contributed by atoms with Crippen LogP contribution in [-0.2, 0) is 5.41 Å². The van der Waals surface area contributed by atoms with Gasteiger partial charge < -0.3 is 10.1 Å². The molecule has 0 saturated carbocycles. The van der Waals surface area contributed by atoms with Gasteiger partial charge in [-0.3, -0.25) is 0 Å². The van der Waals surface area contributed by atoms with Crippen LogP contribution in [0.25, 0.3) is 0 Å². The number of ether oxygens (including phenoxy) is 1. The van der Waals surface area contributed by atoms with Crippen molar-refractivity contribution in [3.05, 3.63) is 72.3 Å². The average Bonchev–Trinajstić information content (AvgIpc) is 2.55. The minimum absolute atomic E-state index is 0.0668. The van der Waals surface area contributed by atoms with Crippen molar-refractivity contribution in [1.29, 1.82) is 0 Å². The first-order valence-corrected chi connectivity index (χ1v) is 7.77. The number of hydrogen-bond donors (Lipinski definition) is 1. The van der Waals surface area contributed by atoms with Crippen LogP contribution in [0, 0.1) is 0 Å². The highest BCUT2D eigenvalue weighted by atomic mass is 16.5. The second-order valence-corrected chi connectivity index (χ2v) is 6.28. The molecule has 22 heavy (non-hydrogen) atoms. The Labute approximate surface area is 132 Å². The molecule has 0 aliphatic carbocycles. The van der Waals surface area contributed by atoms with Crippen molar-refractivity contribution >= 4 is 5.69 Å². The Morgan fingerprint density at radius 3 is 2.73 bits per heavy atom. The number of allylic oxidation sites excluding steroid dienone is 1. The van der Waals surface area contributed by atoms with Crippen molar-refractivity contribution in [2.24, 2.45) is 0 Å². The molecular weight excluding hydrogens is 270 g/mol. The van der Waals surface area contributed by atoms with Gasteiger partial charge in [0, 0.05) is 11.1 Å². The monoisotopic (exact) mass is 293 g/mol. The lowest BCUT2D eigenvalue weighted by atomic mass is 9.70. The summed E-state index contributed by atoms with van der Waals surface area (Å²) >= 11 is 0. The van der Waals surface area contributed by atoms with Gasteiger partial charge in [-0.05, 0) is 42.2 Å². The van der Waals surface area contributed by atoms with Crippen molar-refractivity contribution in [1.82, 2.24) is 0 Å². The minimum atomic E-state index is 0.0668. The van der Waals surface area contributed by atoms with Crippen LogP contribution < -0.4 is 10.1 Å². The molecular formula is C20H23NO. The van der Waals surface area contributed by atoms with E-state index in [4.69, 9.17) is 4.74 Å². The molecule has 0 spiro atoms. The lowest BCUT2D eigenvalue weighted by Gasteiger charge is -2.41. The number of anilines is 1. The van der Waals surface area contributed by atoms with Gasteiger partial charge in [0.05, 0.1) is 13.2 Å². The quantitative estimate of drug-likeness (QED) is 0.793. The van der Waals surface area contributed by atoms with Gasteiger partial charge in [0.1, 0.15) is 5.75 Å². The Hall–Kier alpha value is -2.22. The van der Waals surface area contributed by atoms with Gasteiger partial charge in [-0.15, -0.1) is 6.58 Å². The molecule has 2 aromatic rings. The van der Waals surface area contributed by atoms with E-state index in [1.807, 2.05) is 12.1 Å². The molecule has 114 valence electrons. The predicted molar refractivity (Wildman–Crippen MR) is 92.6 cm³/mol. The molecule has 0 aromatic heterocycles. The van der Waals surface area contributed by atoms with Crippen LogP contribution in [-0.4, -0.2) is 7.11 Å². The molecule has 1 heterocycles. The molecule has 0 amide bonds. The lowest BCUT2D eigenvalue weighted by Crippen LogP contribution is -2.33. The van der Waals surface area contributed by atoms with Gasteiger partial charge in [-0.1, -0.05) is 43.3 Å². The Morgan fingerprint density at radius 1 is 1.27 bits per heavy atom.